The summed E-state index contributed by atoms with van der Waals surface area (Å²) in [5.41, 5.74) is 2.26. The van der Waals surface area contributed by atoms with Gasteiger partial charge < -0.3 is 15.3 Å². The van der Waals surface area contributed by atoms with Gasteiger partial charge in [-0.2, -0.15) is 4.98 Å². The Bertz CT molecular complexity index is 1100. The van der Waals surface area contributed by atoms with Crippen molar-refractivity contribution in [2.45, 2.75) is 97.1 Å². The minimum absolute atomic E-state index is 0.202. The van der Waals surface area contributed by atoms with E-state index in [1.54, 1.807) is 0 Å². The number of carbonyl (C=O) groups is 1. The van der Waals surface area contributed by atoms with Gasteiger partial charge in [0, 0.05) is 24.3 Å². The van der Waals surface area contributed by atoms with Gasteiger partial charge in [0.2, 0.25) is 11.8 Å². The zero-order chi connectivity index (χ0) is 24.7. The first-order valence-electron chi connectivity index (χ1n) is 13.6. The van der Waals surface area contributed by atoms with Gasteiger partial charge in [-0.05, 0) is 76.5 Å². The highest BCUT2D eigenvalue weighted by atomic mass is 16.4. The van der Waals surface area contributed by atoms with Crippen LogP contribution in [0.5, 0.6) is 0 Å². The fraction of sp³-hybridized carbons (Fsp3) is 0.704. The predicted molar refractivity (Wildman–Crippen MR) is 140 cm³/mol. The van der Waals surface area contributed by atoms with Crippen LogP contribution in [0.1, 0.15) is 95.6 Å². The Morgan fingerprint density at radius 3 is 2.40 bits per heavy atom. The molecule has 2 aliphatic carbocycles. The molecule has 3 aliphatic rings. The fourth-order valence-electron chi connectivity index (χ4n) is 6.08. The molecule has 2 saturated carbocycles. The van der Waals surface area contributed by atoms with Gasteiger partial charge >= 0.3 is 5.97 Å². The summed E-state index contributed by atoms with van der Waals surface area (Å²) in [7, 11) is 0. The molecule has 1 aliphatic heterocycles. The van der Waals surface area contributed by atoms with Crippen molar-refractivity contribution in [1.29, 1.82) is 0 Å². The van der Waals surface area contributed by atoms with Gasteiger partial charge in [-0.3, -0.25) is 4.57 Å². The van der Waals surface area contributed by atoms with Crippen molar-refractivity contribution < 1.29 is 9.90 Å². The molecule has 0 spiro atoms. The molecular formula is C27H40N6O2. The van der Waals surface area contributed by atoms with Gasteiger partial charge in [0.25, 0.3) is 0 Å². The number of piperidine rings is 1. The van der Waals surface area contributed by atoms with E-state index in [4.69, 9.17) is 4.98 Å². The van der Waals surface area contributed by atoms with Crippen LogP contribution in [0, 0.1) is 17.8 Å². The van der Waals surface area contributed by atoms with E-state index in [1.807, 2.05) is 0 Å². The number of carboxylic acids is 1. The molecule has 0 radical (unpaired) electrons. The summed E-state index contributed by atoms with van der Waals surface area (Å²) in [6.45, 7) is 12.3. The van der Waals surface area contributed by atoms with E-state index >= 15 is 0 Å². The lowest BCUT2D eigenvalue weighted by atomic mass is 9.80. The van der Waals surface area contributed by atoms with Gasteiger partial charge in [-0.15, -0.1) is 0 Å². The highest BCUT2D eigenvalue weighted by Crippen LogP contribution is 2.40. The number of imidazole rings is 1. The SMILES string of the molecule is C=C(C1CCC(C)CC1)n1c(N2CCCCC2C)nc2nc(C(=O)O)nc(N[C@H](C)C3CCC3)c21. The standard InChI is InChI=1S/C27H40N6O2/c1-16-11-13-21(14-12-16)19(4)33-22-23(28-18(3)20-9-7-10-20)29-25(26(34)35)30-24(22)31-27(33)32-15-6-5-8-17(32)2/h16-18,20-21H,4-15H2,1-3H3,(H,34,35)(H,28,29,30)/t16?,17?,18-,21?/m1/s1. The Hall–Kier alpha value is -2.64. The molecule has 2 N–H and O–H groups in total. The predicted octanol–water partition coefficient (Wildman–Crippen LogP) is 5.80. The van der Waals surface area contributed by atoms with Crippen molar-refractivity contribution >= 4 is 34.6 Å². The van der Waals surface area contributed by atoms with Crippen LogP contribution in [0.3, 0.4) is 0 Å². The van der Waals surface area contributed by atoms with Crippen LogP contribution in [0.15, 0.2) is 6.58 Å². The lowest BCUT2D eigenvalue weighted by Crippen LogP contribution is -2.39. The second-order valence-electron chi connectivity index (χ2n) is 11.2. The van der Waals surface area contributed by atoms with Gasteiger partial charge in [0.1, 0.15) is 5.52 Å². The number of rotatable bonds is 7. The second kappa shape index (κ2) is 9.78. The third-order valence-electron chi connectivity index (χ3n) is 8.74. The van der Waals surface area contributed by atoms with Crippen LogP contribution in [-0.2, 0) is 0 Å². The van der Waals surface area contributed by atoms with E-state index in [2.05, 4.69) is 52.1 Å². The molecule has 0 bridgehead atoms. The first kappa shape index (κ1) is 24.1. The highest BCUT2D eigenvalue weighted by Gasteiger charge is 2.32. The first-order valence-corrected chi connectivity index (χ1v) is 13.6. The molecule has 2 aromatic heterocycles. The third kappa shape index (κ3) is 4.64. The number of nitrogens with zero attached hydrogens (tertiary/aromatic N) is 5. The molecule has 1 saturated heterocycles. The minimum Gasteiger partial charge on any atom is -0.475 e. The zero-order valence-electron chi connectivity index (χ0n) is 21.5. The summed E-state index contributed by atoms with van der Waals surface area (Å²) in [5.74, 6) is 1.78. The molecule has 3 fully saturated rings. The number of fused-ring (bicyclic) bond motifs is 1. The average molecular weight is 481 g/mol. The Morgan fingerprint density at radius 2 is 1.77 bits per heavy atom. The summed E-state index contributed by atoms with van der Waals surface area (Å²) < 4.78 is 2.18. The van der Waals surface area contributed by atoms with Crippen LogP contribution in [0.4, 0.5) is 11.8 Å². The molecule has 2 aromatic rings. The number of nitrogens with one attached hydrogen (secondary N) is 1. The van der Waals surface area contributed by atoms with Gasteiger partial charge in [-0.1, -0.05) is 32.8 Å². The molecule has 35 heavy (non-hydrogen) atoms. The van der Waals surface area contributed by atoms with Crippen molar-refractivity contribution in [3.63, 3.8) is 0 Å². The maximum absolute atomic E-state index is 11.9. The minimum atomic E-state index is -1.13. The maximum atomic E-state index is 11.9. The van der Waals surface area contributed by atoms with E-state index in [0.29, 0.717) is 29.3 Å². The van der Waals surface area contributed by atoms with Gasteiger partial charge in [0.15, 0.2) is 11.5 Å². The van der Waals surface area contributed by atoms with Crippen molar-refractivity contribution in [2.75, 3.05) is 16.8 Å². The summed E-state index contributed by atoms with van der Waals surface area (Å²) in [6, 6.07) is 0.559. The van der Waals surface area contributed by atoms with Gasteiger partial charge in [-0.25, -0.2) is 14.8 Å². The van der Waals surface area contributed by atoms with E-state index in [1.165, 1.54) is 38.5 Å². The molecule has 8 heteroatoms. The lowest BCUT2D eigenvalue weighted by Gasteiger charge is -2.36. The number of aromatic carboxylic acids is 1. The number of hydrogen-bond donors (Lipinski definition) is 2. The summed E-state index contributed by atoms with van der Waals surface area (Å²) in [4.78, 5) is 28.2. The summed E-state index contributed by atoms with van der Waals surface area (Å²) in [6.07, 6.45) is 11.7. The van der Waals surface area contributed by atoms with Crippen LogP contribution < -0.4 is 10.2 Å². The quantitative estimate of drug-likeness (QED) is 0.517. The fourth-order valence-corrected chi connectivity index (χ4v) is 6.08. The average Bonchev–Trinajstić information content (AvgIpc) is 3.17. The van der Waals surface area contributed by atoms with E-state index in [9.17, 15) is 9.90 Å². The smallest absolute Gasteiger partial charge is 0.374 e. The summed E-state index contributed by atoms with van der Waals surface area (Å²) in [5, 5.41) is 13.3. The van der Waals surface area contributed by atoms with Crippen LogP contribution in [0.25, 0.3) is 16.9 Å². The molecule has 1 unspecified atom stereocenters. The van der Waals surface area contributed by atoms with E-state index in [-0.39, 0.29) is 11.9 Å². The summed E-state index contributed by atoms with van der Waals surface area (Å²) >= 11 is 0. The second-order valence-corrected chi connectivity index (χ2v) is 11.2. The number of anilines is 2. The third-order valence-corrected chi connectivity index (χ3v) is 8.74. The zero-order valence-corrected chi connectivity index (χ0v) is 21.5. The van der Waals surface area contributed by atoms with Crippen LogP contribution >= 0.6 is 0 Å². The largest absolute Gasteiger partial charge is 0.475 e. The Morgan fingerprint density at radius 1 is 1.03 bits per heavy atom. The Balaban J connectivity index is 1.65. The molecule has 190 valence electrons. The number of aromatic nitrogens is 4. The van der Waals surface area contributed by atoms with Crippen molar-refractivity contribution in [2.24, 2.45) is 17.8 Å². The maximum Gasteiger partial charge on any atom is 0.374 e. The number of hydrogen-bond acceptors (Lipinski definition) is 6. The topological polar surface area (TPSA) is 96.2 Å². The monoisotopic (exact) mass is 480 g/mol. The van der Waals surface area contributed by atoms with Crippen LogP contribution in [-0.4, -0.2) is 49.2 Å². The first-order chi connectivity index (χ1) is 16.8. The molecule has 3 heterocycles. The molecule has 0 aromatic carbocycles. The van der Waals surface area contributed by atoms with Gasteiger partial charge in [0.05, 0.1) is 0 Å². The van der Waals surface area contributed by atoms with E-state index < -0.39 is 5.97 Å². The van der Waals surface area contributed by atoms with Crippen molar-refractivity contribution in [3.05, 3.63) is 12.4 Å². The van der Waals surface area contributed by atoms with Crippen LogP contribution in [0.2, 0.25) is 0 Å². The number of carboxylic acid groups (broad SMARTS) is 1. The Labute approximate surface area is 208 Å². The lowest BCUT2D eigenvalue weighted by molar-refractivity contribution is 0.0684. The molecule has 5 rings (SSSR count). The Kier molecular flexibility index (Phi) is 6.73. The van der Waals surface area contributed by atoms with Crippen molar-refractivity contribution in [1.82, 2.24) is 19.5 Å². The molecular weight excluding hydrogens is 440 g/mol. The normalized spacial score (nSPS) is 26.4. The highest BCUT2D eigenvalue weighted by molar-refractivity contribution is 5.93. The molecule has 0 amide bonds. The van der Waals surface area contributed by atoms with Crippen molar-refractivity contribution in [3.8, 4) is 0 Å². The van der Waals surface area contributed by atoms with E-state index in [0.717, 1.165) is 55.3 Å². The number of allylic oxidation sites excluding steroid dienone is 1. The molecule has 2 atom stereocenters. The molecule has 8 nitrogen and oxygen atoms in total.